The normalized spacial score (nSPS) is 27.6. The SMILES string of the molecule is Cc1cc(C2CC2CN)c(C)o1. The minimum atomic E-state index is 0.687. The number of nitrogens with two attached hydrogens (primary N) is 1. The third-order valence-corrected chi connectivity index (χ3v) is 2.70. The van der Waals surface area contributed by atoms with Gasteiger partial charge in [-0.3, -0.25) is 0 Å². The molecule has 2 rings (SSSR count). The van der Waals surface area contributed by atoms with Gasteiger partial charge in [0.05, 0.1) is 0 Å². The smallest absolute Gasteiger partial charge is 0.104 e. The molecule has 1 aliphatic rings. The molecule has 2 heteroatoms. The maximum absolute atomic E-state index is 5.59. The van der Waals surface area contributed by atoms with E-state index in [1.54, 1.807) is 0 Å². The van der Waals surface area contributed by atoms with Crippen LogP contribution in [0, 0.1) is 19.8 Å². The molecule has 0 amide bonds. The molecule has 1 saturated carbocycles. The lowest BCUT2D eigenvalue weighted by molar-refractivity contribution is 0.501. The van der Waals surface area contributed by atoms with Gasteiger partial charge in [-0.15, -0.1) is 0 Å². The van der Waals surface area contributed by atoms with Crippen molar-refractivity contribution in [2.75, 3.05) is 6.54 Å². The third-order valence-electron chi connectivity index (χ3n) is 2.70. The van der Waals surface area contributed by atoms with Gasteiger partial charge in [-0.1, -0.05) is 0 Å². The second-order valence-electron chi connectivity index (χ2n) is 3.71. The first kappa shape index (κ1) is 7.87. The molecule has 0 spiro atoms. The minimum Gasteiger partial charge on any atom is -0.466 e. The number of aryl methyl sites for hydroxylation is 2. The zero-order chi connectivity index (χ0) is 8.72. The minimum absolute atomic E-state index is 0.687. The van der Waals surface area contributed by atoms with Crippen LogP contribution in [-0.2, 0) is 0 Å². The highest BCUT2D eigenvalue weighted by Gasteiger charge is 2.38. The summed E-state index contributed by atoms with van der Waals surface area (Å²) in [7, 11) is 0. The molecule has 0 aliphatic heterocycles. The van der Waals surface area contributed by atoms with E-state index in [9.17, 15) is 0 Å². The third kappa shape index (κ3) is 1.16. The first-order valence-electron chi connectivity index (χ1n) is 4.49. The fraction of sp³-hybridized carbons (Fsp3) is 0.600. The predicted molar refractivity (Wildman–Crippen MR) is 48.1 cm³/mol. The van der Waals surface area contributed by atoms with E-state index in [1.807, 2.05) is 13.8 Å². The van der Waals surface area contributed by atoms with Crippen molar-refractivity contribution in [3.8, 4) is 0 Å². The zero-order valence-electron chi connectivity index (χ0n) is 7.63. The Balaban J connectivity index is 2.19. The van der Waals surface area contributed by atoms with Crippen molar-refractivity contribution in [1.82, 2.24) is 0 Å². The van der Waals surface area contributed by atoms with Gasteiger partial charge in [0.1, 0.15) is 11.5 Å². The Morgan fingerprint density at radius 1 is 1.58 bits per heavy atom. The van der Waals surface area contributed by atoms with Crippen molar-refractivity contribution in [3.63, 3.8) is 0 Å². The summed E-state index contributed by atoms with van der Waals surface area (Å²) in [4.78, 5) is 0. The summed E-state index contributed by atoms with van der Waals surface area (Å²) in [6, 6.07) is 2.15. The number of rotatable bonds is 2. The molecule has 1 aromatic heterocycles. The van der Waals surface area contributed by atoms with E-state index in [-0.39, 0.29) is 0 Å². The maximum Gasteiger partial charge on any atom is 0.104 e. The standard InChI is InChI=1S/C10H15NO/c1-6-3-9(7(2)12-6)10-4-8(10)5-11/h3,8,10H,4-5,11H2,1-2H3. The summed E-state index contributed by atoms with van der Waals surface area (Å²) in [5.74, 6) is 3.49. The molecule has 0 bridgehead atoms. The van der Waals surface area contributed by atoms with Crippen LogP contribution >= 0.6 is 0 Å². The molecule has 1 heterocycles. The first-order valence-corrected chi connectivity index (χ1v) is 4.49. The molecule has 2 nitrogen and oxygen atoms in total. The highest BCUT2D eigenvalue weighted by molar-refractivity contribution is 5.30. The summed E-state index contributed by atoms with van der Waals surface area (Å²) in [5.41, 5.74) is 6.97. The highest BCUT2D eigenvalue weighted by atomic mass is 16.3. The van der Waals surface area contributed by atoms with E-state index >= 15 is 0 Å². The average Bonchev–Trinajstić information content (AvgIpc) is 2.72. The van der Waals surface area contributed by atoms with Crippen LogP contribution in [0.1, 0.15) is 29.4 Å². The summed E-state index contributed by atoms with van der Waals surface area (Å²) in [6.07, 6.45) is 1.25. The molecule has 2 atom stereocenters. The predicted octanol–water partition coefficient (Wildman–Crippen LogP) is 1.96. The maximum atomic E-state index is 5.59. The molecule has 1 aromatic rings. The van der Waals surface area contributed by atoms with E-state index in [0.29, 0.717) is 11.8 Å². The Morgan fingerprint density at radius 2 is 2.33 bits per heavy atom. The van der Waals surface area contributed by atoms with Crippen LogP contribution in [0.5, 0.6) is 0 Å². The number of furan rings is 1. The van der Waals surface area contributed by atoms with Crippen molar-refractivity contribution in [3.05, 3.63) is 23.2 Å². The zero-order valence-corrected chi connectivity index (χ0v) is 7.63. The summed E-state index contributed by atoms with van der Waals surface area (Å²) >= 11 is 0. The van der Waals surface area contributed by atoms with Gasteiger partial charge in [0, 0.05) is 0 Å². The van der Waals surface area contributed by atoms with Crippen molar-refractivity contribution in [2.24, 2.45) is 11.7 Å². The van der Waals surface area contributed by atoms with Gasteiger partial charge >= 0.3 is 0 Å². The van der Waals surface area contributed by atoms with Crippen LogP contribution in [0.4, 0.5) is 0 Å². The fourth-order valence-corrected chi connectivity index (χ4v) is 1.91. The fourth-order valence-electron chi connectivity index (χ4n) is 1.91. The molecular weight excluding hydrogens is 150 g/mol. The number of hydrogen-bond donors (Lipinski definition) is 1. The van der Waals surface area contributed by atoms with E-state index < -0.39 is 0 Å². The van der Waals surface area contributed by atoms with Crippen LogP contribution < -0.4 is 5.73 Å². The van der Waals surface area contributed by atoms with E-state index in [0.717, 1.165) is 18.1 Å². The van der Waals surface area contributed by atoms with Gasteiger partial charge in [0.2, 0.25) is 0 Å². The largest absolute Gasteiger partial charge is 0.466 e. The Kier molecular flexibility index (Phi) is 1.72. The van der Waals surface area contributed by atoms with Gasteiger partial charge in [-0.05, 0) is 50.3 Å². The summed E-state index contributed by atoms with van der Waals surface area (Å²) < 4.78 is 5.47. The van der Waals surface area contributed by atoms with E-state index in [1.165, 1.54) is 12.0 Å². The van der Waals surface area contributed by atoms with Crippen LogP contribution in [0.25, 0.3) is 0 Å². The second kappa shape index (κ2) is 2.63. The molecule has 1 aliphatic carbocycles. The van der Waals surface area contributed by atoms with Crippen molar-refractivity contribution < 1.29 is 4.42 Å². The van der Waals surface area contributed by atoms with Gasteiger partial charge in [0.15, 0.2) is 0 Å². The second-order valence-corrected chi connectivity index (χ2v) is 3.71. The quantitative estimate of drug-likeness (QED) is 0.727. The monoisotopic (exact) mass is 165 g/mol. The van der Waals surface area contributed by atoms with Crippen molar-refractivity contribution in [2.45, 2.75) is 26.2 Å². The van der Waals surface area contributed by atoms with E-state index in [2.05, 4.69) is 6.07 Å². The Hall–Kier alpha value is -0.760. The van der Waals surface area contributed by atoms with Gasteiger partial charge in [0.25, 0.3) is 0 Å². The highest BCUT2D eigenvalue weighted by Crippen LogP contribution is 2.48. The van der Waals surface area contributed by atoms with Crippen LogP contribution in [-0.4, -0.2) is 6.54 Å². The molecule has 0 radical (unpaired) electrons. The van der Waals surface area contributed by atoms with Gasteiger partial charge < -0.3 is 10.2 Å². The molecule has 2 N–H and O–H groups in total. The Labute approximate surface area is 72.7 Å². The van der Waals surface area contributed by atoms with Crippen LogP contribution in [0.15, 0.2) is 10.5 Å². The molecule has 0 aromatic carbocycles. The van der Waals surface area contributed by atoms with Gasteiger partial charge in [-0.25, -0.2) is 0 Å². The lowest BCUT2D eigenvalue weighted by Gasteiger charge is -1.93. The first-order chi connectivity index (χ1) is 5.72. The van der Waals surface area contributed by atoms with E-state index in [4.69, 9.17) is 10.2 Å². The molecule has 2 unspecified atom stereocenters. The molecule has 12 heavy (non-hydrogen) atoms. The Morgan fingerprint density at radius 3 is 2.75 bits per heavy atom. The molecular formula is C10H15NO. The average molecular weight is 165 g/mol. The lowest BCUT2D eigenvalue weighted by Crippen LogP contribution is -2.01. The summed E-state index contributed by atoms with van der Waals surface area (Å²) in [5, 5.41) is 0. The molecule has 1 fully saturated rings. The van der Waals surface area contributed by atoms with Crippen LogP contribution in [0.2, 0.25) is 0 Å². The topological polar surface area (TPSA) is 39.2 Å². The Bertz CT molecular complexity index is 290. The van der Waals surface area contributed by atoms with Crippen LogP contribution in [0.3, 0.4) is 0 Å². The van der Waals surface area contributed by atoms with Crippen molar-refractivity contribution in [1.29, 1.82) is 0 Å². The lowest BCUT2D eigenvalue weighted by atomic mass is 10.1. The molecule has 66 valence electrons. The number of hydrogen-bond acceptors (Lipinski definition) is 2. The summed E-state index contributed by atoms with van der Waals surface area (Å²) in [6.45, 7) is 4.85. The van der Waals surface area contributed by atoms with Gasteiger partial charge in [-0.2, -0.15) is 0 Å². The van der Waals surface area contributed by atoms with Crippen molar-refractivity contribution >= 4 is 0 Å². The molecule has 0 saturated heterocycles.